The van der Waals surface area contributed by atoms with Crippen LogP contribution in [-0.4, -0.2) is 62.9 Å². The first-order valence-corrected chi connectivity index (χ1v) is 23.1. The third-order valence-corrected chi connectivity index (χ3v) is 10.8. The Labute approximate surface area is 335 Å². The van der Waals surface area contributed by atoms with Gasteiger partial charge in [0.05, 0.1) is 19.3 Å². The van der Waals surface area contributed by atoms with Gasteiger partial charge in [0.15, 0.2) is 0 Å². The molecular weight excluding hydrogens is 667 g/mol. The molecule has 1 aliphatic heterocycles. The second-order valence-electron chi connectivity index (χ2n) is 16.0. The van der Waals surface area contributed by atoms with Crippen LogP contribution < -0.4 is 11.5 Å². The fourth-order valence-corrected chi connectivity index (χ4v) is 7.22. The van der Waals surface area contributed by atoms with Gasteiger partial charge in [-0.05, 0) is 96.4 Å². The molecule has 0 unspecified atom stereocenters. The highest BCUT2D eigenvalue weighted by Gasteiger charge is 2.36. The molecule has 0 aromatic carbocycles. The topological polar surface area (TPSA) is 90.8 Å². The van der Waals surface area contributed by atoms with Gasteiger partial charge in [-0.3, -0.25) is 4.79 Å². The van der Waals surface area contributed by atoms with Crippen molar-refractivity contribution in [2.24, 2.45) is 23.3 Å². The van der Waals surface area contributed by atoms with E-state index < -0.39 is 6.04 Å². The fourth-order valence-electron chi connectivity index (χ4n) is 7.22. The number of allylic oxidation sites excluding steroid dienone is 8. The van der Waals surface area contributed by atoms with E-state index in [1.165, 1.54) is 128 Å². The maximum atomic E-state index is 13.2. The summed E-state index contributed by atoms with van der Waals surface area (Å²) in [6.07, 6.45) is 51.2. The monoisotopic (exact) mass is 756 g/mol. The van der Waals surface area contributed by atoms with Crippen LogP contribution in [0.25, 0.3) is 0 Å². The van der Waals surface area contributed by atoms with E-state index in [9.17, 15) is 4.79 Å². The van der Waals surface area contributed by atoms with E-state index >= 15 is 0 Å². The molecule has 1 heterocycles. The normalized spacial score (nSPS) is 17.1. The van der Waals surface area contributed by atoms with Crippen molar-refractivity contribution in [3.63, 3.8) is 0 Å². The van der Waals surface area contributed by atoms with Crippen molar-refractivity contribution in [1.29, 1.82) is 0 Å². The van der Waals surface area contributed by atoms with Crippen LogP contribution in [0.2, 0.25) is 0 Å². The zero-order valence-corrected chi connectivity index (χ0v) is 35.7. The highest BCUT2D eigenvalue weighted by atomic mass is 16.5. The number of likely N-dealkylation sites (tertiary alicyclic amines) is 1. The van der Waals surface area contributed by atoms with Crippen molar-refractivity contribution in [3.8, 4) is 0 Å². The smallest absolute Gasteiger partial charge is 0.239 e. The number of nitrogens with two attached hydrogens (primary N) is 2. The number of carbonyl (C=O) groups excluding carboxylic acids is 1. The van der Waals surface area contributed by atoms with E-state index in [0.29, 0.717) is 38.0 Å². The van der Waals surface area contributed by atoms with Crippen molar-refractivity contribution in [3.05, 3.63) is 48.6 Å². The highest BCUT2D eigenvalue weighted by Crippen LogP contribution is 2.26. The molecule has 4 N–H and O–H groups in total. The van der Waals surface area contributed by atoms with E-state index in [1.54, 1.807) is 0 Å². The zero-order valence-electron chi connectivity index (χ0n) is 35.7. The average molecular weight is 756 g/mol. The Bertz CT molecular complexity index is 872. The van der Waals surface area contributed by atoms with Crippen LogP contribution >= 0.6 is 0 Å². The standard InChI is InChI=1S/C48H89N3O3/c1-3-5-7-9-11-13-15-17-19-21-23-25-27-29-31-35-39-53-43-45-41-51(48(52)47(50)37-33-34-38-49)42-46(45)44-54-40-36-32-30-28-26-24-22-20-18-16-14-12-10-8-6-4-2/h11-14,17-20,45-47H,3-10,15-16,21-44,49-50H2,1-2H3/t45-,46-,47-/m0/s1. The number of nitrogens with zero attached hydrogens (tertiary/aromatic N) is 1. The van der Waals surface area contributed by atoms with Gasteiger partial charge in [-0.2, -0.15) is 0 Å². The summed E-state index contributed by atoms with van der Waals surface area (Å²) in [5.41, 5.74) is 12.0. The van der Waals surface area contributed by atoms with Crippen molar-refractivity contribution in [2.45, 2.75) is 193 Å². The Morgan fingerprint density at radius 1 is 0.556 bits per heavy atom. The summed E-state index contributed by atoms with van der Waals surface area (Å²) >= 11 is 0. The number of rotatable bonds is 39. The van der Waals surface area contributed by atoms with Gasteiger partial charge in [0.2, 0.25) is 5.91 Å². The van der Waals surface area contributed by atoms with Gasteiger partial charge in [0, 0.05) is 38.1 Å². The van der Waals surface area contributed by atoms with Crippen LogP contribution in [-0.2, 0) is 14.3 Å². The first-order valence-electron chi connectivity index (χ1n) is 23.1. The molecule has 0 aromatic heterocycles. The SMILES string of the molecule is CCCCCC=CCC=CCCCCCCCCOC[C@@H]1CN(C(=O)[C@@H](N)CCCCN)C[C@H]1COCCCCCCCCC=CCC=CCCCCC. The fraction of sp³-hybridized carbons (Fsp3) is 0.812. The van der Waals surface area contributed by atoms with Gasteiger partial charge in [-0.25, -0.2) is 0 Å². The van der Waals surface area contributed by atoms with Crippen molar-refractivity contribution >= 4 is 5.91 Å². The van der Waals surface area contributed by atoms with Crippen LogP contribution in [0.1, 0.15) is 187 Å². The minimum Gasteiger partial charge on any atom is -0.381 e. The lowest BCUT2D eigenvalue weighted by atomic mass is 9.98. The summed E-state index contributed by atoms with van der Waals surface area (Å²) in [5, 5.41) is 0. The molecule has 0 aromatic rings. The third kappa shape index (κ3) is 30.5. The molecule has 0 radical (unpaired) electrons. The molecule has 1 fully saturated rings. The molecular formula is C48H89N3O3. The lowest BCUT2D eigenvalue weighted by Gasteiger charge is -2.21. The molecule has 1 saturated heterocycles. The molecule has 54 heavy (non-hydrogen) atoms. The summed E-state index contributed by atoms with van der Waals surface area (Å²) in [7, 11) is 0. The number of ether oxygens (including phenoxy) is 2. The Kier molecular flexibility index (Phi) is 36.8. The van der Waals surface area contributed by atoms with Crippen LogP contribution in [0.5, 0.6) is 0 Å². The summed E-state index contributed by atoms with van der Waals surface area (Å²) in [6.45, 7) is 9.63. The molecule has 0 aliphatic carbocycles. The molecule has 0 spiro atoms. The quantitative estimate of drug-likeness (QED) is 0.0481. The van der Waals surface area contributed by atoms with E-state index in [2.05, 4.69) is 62.5 Å². The van der Waals surface area contributed by atoms with E-state index in [1.807, 2.05) is 4.90 Å². The van der Waals surface area contributed by atoms with Gasteiger partial charge in [0.25, 0.3) is 0 Å². The molecule has 314 valence electrons. The summed E-state index contributed by atoms with van der Waals surface area (Å²) < 4.78 is 12.4. The number of unbranched alkanes of at least 4 members (excludes halogenated alkanes) is 19. The molecule has 6 nitrogen and oxygen atoms in total. The van der Waals surface area contributed by atoms with Crippen molar-refractivity contribution in [1.82, 2.24) is 4.90 Å². The number of hydrogen-bond donors (Lipinski definition) is 2. The van der Waals surface area contributed by atoms with Gasteiger partial charge in [-0.1, -0.05) is 146 Å². The van der Waals surface area contributed by atoms with Crippen molar-refractivity contribution < 1.29 is 14.3 Å². The molecule has 0 saturated carbocycles. The molecule has 1 rings (SSSR count). The van der Waals surface area contributed by atoms with Crippen LogP contribution in [0.15, 0.2) is 48.6 Å². The number of hydrogen-bond acceptors (Lipinski definition) is 5. The minimum absolute atomic E-state index is 0.0785. The van der Waals surface area contributed by atoms with Crippen molar-refractivity contribution in [2.75, 3.05) is 46.1 Å². The molecule has 0 bridgehead atoms. The van der Waals surface area contributed by atoms with Gasteiger partial charge in [0.1, 0.15) is 0 Å². The molecule has 3 atom stereocenters. The first kappa shape index (κ1) is 50.3. The predicted molar refractivity (Wildman–Crippen MR) is 235 cm³/mol. The Balaban J connectivity index is 2.21. The largest absolute Gasteiger partial charge is 0.381 e. The Hall–Kier alpha value is -1.73. The number of amides is 1. The van der Waals surface area contributed by atoms with E-state index in [0.717, 1.165) is 64.8 Å². The molecule has 1 amide bonds. The summed E-state index contributed by atoms with van der Waals surface area (Å²) in [5.74, 6) is 0.700. The number of carbonyl (C=O) groups is 1. The Morgan fingerprint density at radius 2 is 0.944 bits per heavy atom. The van der Waals surface area contributed by atoms with Gasteiger partial charge >= 0.3 is 0 Å². The minimum atomic E-state index is -0.436. The summed E-state index contributed by atoms with van der Waals surface area (Å²) in [6, 6.07) is -0.436. The maximum absolute atomic E-state index is 13.2. The molecule has 6 heteroatoms. The van der Waals surface area contributed by atoms with E-state index in [4.69, 9.17) is 20.9 Å². The van der Waals surface area contributed by atoms with Crippen LogP contribution in [0.3, 0.4) is 0 Å². The van der Waals surface area contributed by atoms with E-state index in [-0.39, 0.29) is 5.91 Å². The van der Waals surface area contributed by atoms with Crippen LogP contribution in [0, 0.1) is 11.8 Å². The van der Waals surface area contributed by atoms with Gasteiger partial charge < -0.3 is 25.8 Å². The first-order chi connectivity index (χ1) is 26.6. The predicted octanol–water partition coefficient (Wildman–Crippen LogP) is 12.2. The molecule has 1 aliphatic rings. The second kappa shape index (κ2) is 39.5. The lowest BCUT2D eigenvalue weighted by molar-refractivity contribution is -0.132. The lowest BCUT2D eigenvalue weighted by Crippen LogP contribution is -2.43. The van der Waals surface area contributed by atoms with Crippen LogP contribution in [0.4, 0.5) is 0 Å². The third-order valence-electron chi connectivity index (χ3n) is 10.8. The van der Waals surface area contributed by atoms with Gasteiger partial charge in [-0.15, -0.1) is 0 Å². The summed E-state index contributed by atoms with van der Waals surface area (Å²) in [4.78, 5) is 15.2. The maximum Gasteiger partial charge on any atom is 0.239 e. The Morgan fingerprint density at radius 3 is 1.35 bits per heavy atom. The second-order valence-corrected chi connectivity index (χ2v) is 16.0. The average Bonchev–Trinajstić information content (AvgIpc) is 3.59. The zero-order chi connectivity index (χ0) is 39.0. The highest BCUT2D eigenvalue weighted by molar-refractivity contribution is 5.81.